The number of hydrogen-bond acceptors (Lipinski definition) is 5. The Morgan fingerprint density at radius 1 is 1.21 bits per heavy atom. The second-order valence-electron chi connectivity index (χ2n) is 6.98. The smallest absolute Gasteiger partial charge is 0.310 e. The number of ether oxygens (including phenoxy) is 2. The maximum Gasteiger partial charge on any atom is 0.310 e. The van der Waals surface area contributed by atoms with Crippen LogP contribution in [-0.2, 0) is 9.53 Å². The summed E-state index contributed by atoms with van der Waals surface area (Å²) in [5.74, 6) is -0.0589. The van der Waals surface area contributed by atoms with E-state index in [0.717, 1.165) is 20.3 Å². The molecule has 0 radical (unpaired) electrons. The van der Waals surface area contributed by atoms with Crippen LogP contribution in [-0.4, -0.2) is 24.5 Å². The predicted molar refractivity (Wildman–Crippen MR) is 97.8 cm³/mol. The summed E-state index contributed by atoms with van der Waals surface area (Å²) >= 11 is 4.89. The molecule has 1 heterocycles. The van der Waals surface area contributed by atoms with Crippen molar-refractivity contribution in [3.63, 3.8) is 0 Å². The lowest BCUT2D eigenvalue weighted by molar-refractivity contribution is -0.156. The number of methoxy groups -OCH3 is 1. The highest BCUT2D eigenvalue weighted by Gasteiger charge is 2.50. The first kappa shape index (κ1) is 17.4. The van der Waals surface area contributed by atoms with E-state index in [-0.39, 0.29) is 23.6 Å². The normalized spacial score (nSPS) is 20.0. The SMILES string of the molecule is COc1cc2sc(C(=O)[C@H]3C[C@@H]3C(=O)OC(C)(C)C)cc2cc1Br. The van der Waals surface area contributed by atoms with Crippen molar-refractivity contribution in [3.8, 4) is 5.75 Å². The van der Waals surface area contributed by atoms with Crippen molar-refractivity contribution < 1.29 is 19.1 Å². The largest absolute Gasteiger partial charge is 0.496 e. The van der Waals surface area contributed by atoms with Crippen molar-refractivity contribution in [1.29, 1.82) is 0 Å². The molecule has 0 N–H and O–H groups in total. The number of carbonyl (C=O) groups excluding carboxylic acids is 2. The zero-order valence-corrected chi connectivity index (χ0v) is 16.4. The third kappa shape index (κ3) is 3.49. The highest BCUT2D eigenvalue weighted by molar-refractivity contribution is 9.10. The molecule has 0 unspecified atom stereocenters. The molecule has 1 aromatic heterocycles. The Balaban J connectivity index is 1.77. The van der Waals surface area contributed by atoms with Gasteiger partial charge in [0.25, 0.3) is 0 Å². The minimum atomic E-state index is -0.520. The van der Waals surface area contributed by atoms with Gasteiger partial charge in [-0.1, -0.05) is 0 Å². The fraction of sp³-hybridized carbons (Fsp3) is 0.444. The van der Waals surface area contributed by atoms with Gasteiger partial charge in [-0.05, 0) is 66.7 Å². The van der Waals surface area contributed by atoms with Crippen LogP contribution in [0.1, 0.15) is 36.9 Å². The van der Waals surface area contributed by atoms with E-state index in [2.05, 4.69) is 15.9 Å². The number of fused-ring (bicyclic) bond motifs is 1. The average Bonchev–Trinajstić information content (AvgIpc) is 3.18. The number of hydrogen-bond donors (Lipinski definition) is 0. The van der Waals surface area contributed by atoms with Crippen LogP contribution >= 0.6 is 27.3 Å². The summed E-state index contributed by atoms with van der Waals surface area (Å²) in [5.41, 5.74) is -0.520. The first-order valence-electron chi connectivity index (χ1n) is 7.74. The van der Waals surface area contributed by atoms with Crippen LogP contribution in [0.25, 0.3) is 10.1 Å². The number of esters is 1. The Bertz CT molecular complexity index is 818. The summed E-state index contributed by atoms with van der Waals surface area (Å²) in [7, 11) is 1.61. The summed E-state index contributed by atoms with van der Waals surface area (Å²) in [5, 5.41) is 0.991. The molecular weight excluding hydrogens is 392 g/mol. The molecule has 2 atom stereocenters. The van der Waals surface area contributed by atoms with Crippen LogP contribution in [0.4, 0.5) is 0 Å². The van der Waals surface area contributed by atoms with E-state index in [0.29, 0.717) is 11.3 Å². The lowest BCUT2D eigenvalue weighted by Crippen LogP contribution is -2.25. The van der Waals surface area contributed by atoms with Gasteiger partial charge in [0.1, 0.15) is 11.4 Å². The van der Waals surface area contributed by atoms with Gasteiger partial charge in [-0.2, -0.15) is 0 Å². The maximum absolute atomic E-state index is 12.7. The lowest BCUT2D eigenvalue weighted by atomic mass is 10.1. The number of rotatable bonds is 4. The summed E-state index contributed by atoms with van der Waals surface area (Å²) in [6.07, 6.45) is 0.578. The van der Waals surface area contributed by atoms with Crippen molar-refractivity contribution in [2.45, 2.75) is 32.8 Å². The van der Waals surface area contributed by atoms with Gasteiger partial charge in [0.05, 0.1) is 22.4 Å². The quantitative estimate of drug-likeness (QED) is 0.534. The number of Topliss-reactive ketones (excluding diaryl/α,β-unsaturated/α-hetero) is 1. The Morgan fingerprint density at radius 2 is 1.92 bits per heavy atom. The minimum Gasteiger partial charge on any atom is -0.496 e. The molecule has 0 bridgehead atoms. The molecule has 3 rings (SSSR count). The van der Waals surface area contributed by atoms with Crippen molar-refractivity contribution >= 4 is 49.1 Å². The molecule has 128 valence electrons. The molecule has 0 spiro atoms. The third-order valence-corrected chi connectivity index (χ3v) is 5.60. The summed E-state index contributed by atoms with van der Waals surface area (Å²) in [6.45, 7) is 5.50. The first-order chi connectivity index (χ1) is 11.2. The topological polar surface area (TPSA) is 52.6 Å². The summed E-state index contributed by atoms with van der Waals surface area (Å²) in [6, 6.07) is 5.75. The van der Waals surface area contributed by atoms with Crippen LogP contribution in [0.3, 0.4) is 0 Å². The Kier molecular flexibility index (Phi) is 4.47. The summed E-state index contributed by atoms with van der Waals surface area (Å²) < 4.78 is 12.5. The molecule has 1 fully saturated rings. The third-order valence-electron chi connectivity index (χ3n) is 3.87. The van der Waals surface area contributed by atoms with Gasteiger partial charge in [-0.15, -0.1) is 11.3 Å². The predicted octanol–water partition coefficient (Wildman–Crippen LogP) is 4.83. The number of halogens is 1. The Morgan fingerprint density at radius 3 is 2.54 bits per heavy atom. The van der Waals surface area contributed by atoms with Crippen molar-refractivity contribution in [2.24, 2.45) is 11.8 Å². The van der Waals surface area contributed by atoms with E-state index in [4.69, 9.17) is 9.47 Å². The zero-order valence-electron chi connectivity index (χ0n) is 14.0. The second kappa shape index (κ2) is 6.15. The monoisotopic (exact) mass is 410 g/mol. The van der Waals surface area contributed by atoms with Crippen LogP contribution < -0.4 is 4.74 Å². The standard InChI is InChI=1S/C18H19BrO4S/c1-18(2,3)23-17(21)11-7-10(11)16(20)15-6-9-5-12(19)13(22-4)8-14(9)24-15/h5-6,8,10-11H,7H2,1-4H3/t10-,11-/m0/s1. The average molecular weight is 411 g/mol. The molecule has 2 aromatic rings. The molecule has 4 nitrogen and oxygen atoms in total. The summed E-state index contributed by atoms with van der Waals surface area (Å²) in [4.78, 5) is 25.4. The number of carbonyl (C=O) groups is 2. The number of ketones is 1. The van der Waals surface area contributed by atoms with Gasteiger partial charge >= 0.3 is 5.97 Å². The molecule has 24 heavy (non-hydrogen) atoms. The molecule has 1 saturated carbocycles. The number of thiophene rings is 1. The number of benzene rings is 1. The fourth-order valence-corrected chi connectivity index (χ4v) is 4.22. The maximum atomic E-state index is 12.7. The van der Waals surface area contributed by atoms with Gasteiger partial charge < -0.3 is 9.47 Å². The van der Waals surface area contributed by atoms with E-state index in [1.807, 2.05) is 39.0 Å². The first-order valence-corrected chi connectivity index (χ1v) is 9.34. The van der Waals surface area contributed by atoms with Crippen molar-refractivity contribution in [2.75, 3.05) is 7.11 Å². The minimum absolute atomic E-state index is 0.0298. The highest BCUT2D eigenvalue weighted by atomic mass is 79.9. The fourth-order valence-electron chi connectivity index (χ4n) is 2.62. The second-order valence-corrected chi connectivity index (χ2v) is 8.92. The van der Waals surface area contributed by atoms with Crippen LogP contribution in [0.5, 0.6) is 5.75 Å². The van der Waals surface area contributed by atoms with Gasteiger partial charge in [0.2, 0.25) is 0 Å². The van der Waals surface area contributed by atoms with Crippen LogP contribution in [0.15, 0.2) is 22.7 Å². The van der Waals surface area contributed by atoms with Crippen LogP contribution in [0.2, 0.25) is 0 Å². The van der Waals surface area contributed by atoms with Gasteiger partial charge in [-0.3, -0.25) is 9.59 Å². The molecular formula is C18H19BrO4S. The highest BCUT2D eigenvalue weighted by Crippen LogP contribution is 2.44. The van der Waals surface area contributed by atoms with E-state index >= 15 is 0 Å². The van der Waals surface area contributed by atoms with Crippen LogP contribution in [0, 0.1) is 11.8 Å². The van der Waals surface area contributed by atoms with E-state index in [9.17, 15) is 9.59 Å². The molecule has 0 saturated heterocycles. The van der Waals surface area contributed by atoms with Crippen molar-refractivity contribution in [3.05, 3.63) is 27.5 Å². The Hall–Kier alpha value is -1.40. The zero-order chi connectivity index (χ0) is 17.6. The molecule has 1 aromatic carbocycles. The van der Waals surface area contributed by atoms with E-state index in [1.54, 1.807) is 7.11 Å². The molecule has 1 aliphatic carbocycles. The van der Waals surface area contributed by atoms with Gasteiger partial charge in [0.15, 0.2) is 5.78 Å². The molecule has 0 amide bonds. The molecule has 6 heteroatoms. The molecule has 1 aliphatic rings. The molecule has 0 aliphatic heterocycles. The van der Waals surface area contributed by atoms with Gasteiger partial charge in [0, 0.05) is 10.6 Å². The van der Waals surface area contributed by atoms with E-state index in [1.165, 1.54) is 11.3 Å². The van der Waals surface area contributed by atoms with Gasteiger partial charge in [-0.25, -0.2) is 0 Å². The Labute approximate surface area is 153 Å². The van der Waals surface area contributed by atoms with Crippen molar-refractivity contribution in [1.82, 2.24) is 0 Å². The van der Waals surface area contributed by atoms with E-state index < -0.39 is 5.60 Å². The lowest BCUT2D eigenvalue weighted by Gasteiger charge is -2.19.